The summed E-state index contributed by atoms with van der Waals surface area (Å²) in [6, 6.07) is 12.4. The van der Waals surface area contributed by atoms with Crippen LogP contribution in [-0.4, -0.2) is 10.6 Å². The first-order valence-electron chi connectivity index (χ1n) is 6.53. The Morgan fingerprint density at radius 1 is 1.23 bits per heavy atom. The first-order chi connectivity index (χ1) is 10.6. The Labute approximate surface area is 126 Å². The summed E-state index contributed by atoms with van der Waals surface area (Å²) < 4.78 is 13.4. The van der Waals surface area contributed by atoms with Crippen molar-refractivity contribution in [3.8, 4) is 0 Å². The summed E-state index contributed by atoms with van der Waals surface area (Å²) in [5.74, 6) is -0.296. The van der Waals surface area contributed by atoms with Crippen molar-refractivity contribution in [3.05, 3.63) is 76.1 Å². The van der Waals surface area contributed by atoms with Gasteiger partial charge in [-0.05, 0) is 31.2 Å². The van der Waals surface area contributed by atoms with Gasteiger partial charge in [-0.3, -0.25) is 15.5 Å². The number of nitro groups is 1. The number of benzene rings is 2. The van der Waals surface area contributed by atoms with E-state index >= 15 is 0 Å². The molecular weight excluding hydrogens is 285 g/mol. The van der Waals surface area contributed by atoms with Gasteiger partial charge in [0.15, 0.2) is 0 Å². The molecule has 22 heavy (non-hydrogen) atoms. The molecule has 0 saturated heterocycles. The van der Waals surface area contributed by atoms with Crippen molar-refractivity contribution >= 4 is 23.2 Å². The molecule has 1 N–H and O–H groups in total. The van der Waals surface area contributed by atoms with Gasteiger partial charge in [-0.25, -0.2) is 4.39 Å². The van der Waals surface area contributed by atoms with E-state index in [-0.39, 0.29) is 11.5 Å². The highest BCUT2D eigenvalue weighted by atomic mass is 19.1. The Morgan fingerprint density at radius 3 is 2.55 bits per heavy atom. The molecule has 5 nitrogen and oxygen atoms in total. The lowest BCUT2D eigenvalue weighted by Crippen LogP contribution is -1.95. The van der Waals surface area contributed by atoms with E-state index in [1.54, 1.807) is 49.4 Å². The van der Waals surface area contributed by atoms with Crippen molar-refractivity contribution in [2.45, 2.75) is 6.92 Å². The van der Waals surface area contributed by atoms with Crippen molar-refractivity contribution in [1.29, 1.82) is 0 Å². The fourth-order valence-electron chi connectivity index (χ4n) is 1.67. The van der Waals surface area contributed by atoms with E-state index in [1.807, 2.05) is 0 Å². The number of anilines is 1. The maximum atomic E-state index is 13.4. The van der Waals surface area contributed by atoms with Gasteiger partial charge in [-0.15, -0.1) is 0 Å². The van der Waals surface area contributed by atoms with Gasteiger partial charge in [-0.2, -0.15) is 5.10 Å². The molecule has 0 aromatic heterocycles. The summed E-state index contributed by atoms with van der Waals surface area (Å²) >= 11 is 0. The summed E-state index contributed by atoms with van der Waals surface area (Å²) in [6.45, 7) is 1.76. The minimum atomic E-state index is -0.463. The van der Waals surface area contributed by atoms with Crippen LogP contribution in [0.15, 0.2) is 59.7 Å². The molecule has 0 unspecified atom stereocenters. The third-order valence-electron chi connectivity index (χ3n) is 2.85. The Morgan fingerprint density at radius 2 is 1.91 bits per heavy atom. The highest BCUT2D eigenvalue weighted by Crippen LogP contribution is 2.15. The van der Waals surface area contributed by atoms with E-state index in [1.165, 1.54) is 18.2 Å². The second-order valence-electron chi connectivity index (χ2n) is 4.52. The lowest BCUT2D eigenvalue weighted by atomic mass is 10.2. The molecule has 0 fully saturated rings. The molecule has 2 rings (SSSR count). The molecule has 2 aromatic rings. The normalized spacial score (nSPS) is 11.6. The average molecular weight is 299 g/mol. The van der Waals surface area contributed by atoms with Crippen LogP contribution in [0.5, 0.6) is 0 Å². The third-order valence-corrected chi connectivity index (χ3v) is 2.85. The van der Waals surface area contributed by atoms with E-state index in [2.05, 4.69) is 10.5 Å². The Bertz CT molecular complexity index is 724. The van der Waals surface area contributed by atoms with E-state index in [9.17, 15) is 14.5 Å². The van der Waals surface area contributed by atoms with Gasteiger partial charge in [0.2, 0.25) is 0 Å². The van der Waals surface area contributed by atoms with Crippen molar-refractivity contribution in [2.75, 3.05) is 5.43 Å². The number of non-ortho nitro benzene ring substituents is 1. The molecule has 0 atom stereocenters. The SMILES string of the molecule is CC(/C=C/c1ccccc1F)=N/Nc1ccc([N+](=O)[O-])cc1. The second-order valence-corrected chi connectivity index (χ2v) is 4.52. The lowest BCUT2D eigenvalue weighted by Gasteiger charge is -2.00. The largest absolute Gasteiger partial charge is 0.278 e. The summed E-state index contributed by atoms with van der Waals surface area (Å²) in [6.07, 6.45) is 3.31. The van der Waals surface area contributed by atoms with Crippen molar-refractivity contribution in [3.63, 3.8) is 0 Å². The number of hydrazone groups is 1. The molecule has 0 aliphatic rings. The number of nitrogens with zero attached hydrogens (tertiary/aromatic N) is 2. The van der Waals surface area contributed by atoms with Crippen LogP contribution in [0.2, 0.25) is 0 Å². The van der Waals surface area contributed by atoms with E-state index in [4.69, 9.17) is 0 Å². The van der Waals surface area contributed by atoms with Gasteiger partial charge in [0.25, 0.3) is 5.69 Å². The Balaban J connectivity index is 2.00. The highest BCUT2D eigenvalue weighted by molar-refractivity contribution is 5.96. The number of rotatable bonds is 5. The van der Waals surface area contributed by atoms with Crippen LogP contribution in [0.4, 0.5) is 15.8 Å². The molecule has 2 aromatic carbocycles. The number of hydrogen-bond donors (Lipinski definition) is 1. The molecule has 0 spiro atoms. The summed E-state index contributed by atoms with van der Waals surface area (Å²) in [4.78, 5) is 10.1. The molecule has 0 aliphatic carbocycles. The zero-order valence-corrected chi connectivity index (χ0v) is 11.9. The zero-order valence-electron chi connectivity index (χ0n) is 11.9. The Hall–Kier alpha value is -3.02. The highest BCUT2D eigenvalue weighted by Gasteiger charge is 2.03. The molecule has 0 saturated carbocycles. The molecule has 0 radical (unpaired) electrons. The maximum Gasteiger partial charge on any atom is 0.269 e. The number of nitrogens with one attached hydrogen (secondary N) is 1. The van der Waals surface area contributed by atoms with Crippen molar-refractivity contribution < 1.29 is 9.31 Å². The van der Waals surface area contributed by atoms with Gasteiger partial charge in [0, 0.05) is 17.7 Å². The van der Waals surface area contributed by atoms with Crippen molar-refractivity contribution in [1.82, 2.24) is 0 Å². The summed E-state index contributed by atoms with van der Waals surface area (Å²) in [5, 5.41) is 14.6. The van der Waals surface area contributed by atoms with Gasteiger partial charge in [-0.1, -0.05) is 24.3 Å². The predicted octanol–water partition coefficient (Wildman–Crippen LogP) is 4.24. The van der Waals surface area contributed by atoms with Crippen LogP contribution in [0.25, 0.3) is 6.08 Å². The molecule has 0 heterocycles. The van der Waals surface area contributed by atoms with Crippen LogP contribution < -0.4 is 5.43 Å². The molecule has 6 heteroatoms. The third kappa shape index (κ3) is 4.24. The minimum absolute atomic E-state index is 0.0192. The van der Waals surface area contributed by atoms with Crippen LogP contribution in [0.3, 0.4) is 0 Å². The average Bonchev–Trinajstić information content (AvgIpc) is 2.52. The second kappa shape index (κ2) is 7.12. The zero-order chi connectivity index (χ0) is 15.9. The van der Waals surface area contributed by atoms with Gasteiger partial charge >= 0.3 is 0 Å². The van der Waals surface area contributed by atoms with Crippen LogP contribution in [-0.2, 0) is 0 Å². The van der Waals surface area contributed by atoms with Crippen molar-refractivity contribution in [2.24, 2.45) is 5.10 Å². The summed E-state index contributed by atoms with van der Waals surface area (Å²) in [5.41, 5.74) is 4.55. The topological polar surface area (TPSA) is 67.5 Å². The molecular formula is C16H14FN3O2. The fourth-order valence-corrected chi connectivity index (χ4v) is 1.67. The molecule has 0 aliphatic heterocycles. The summed E-state index contributed by atoms with van der Waals surface area (Å²) in [7, 11) is 0. The van der Waals surface area contributed by atoms with E-state index in [0.717, 1.165) is 0 Å². The number of allylic oxidation sites excluding steroid dienone is 1. The lowest BCUT2D eigenvalue weighted by molar-refractivity contribution is -0.384. The predicted molar refractivity (Wildman–Crippen MR) is 85.3 cm³/mol. The van der Waals surface area contributed by atoms with Gasteiger partial charge in [0.1, 0.15) is 5.82 Å². The number of nitro benzene ring substituents is 1. The van der Waals surface area contributed by atoms with Crippen LogP contribution in [0.1, 0.15) is 12.5 Å². The molecule has 0 bridgehead atoms. The minimum Gasteiger partial charge on any atom is -0.278 e. The van der Waals surface area contributed by atoms with Gasteiger partial charge in [0.05, 0.1) is 16.3 Å². The standard InChI is InChI=1S/C16H14FN3O2/c1-12(6-7-13-4-2-3-5-16(13)17)18-19-14-8-10-15(11-9-14)20(21)22/h2-11,19H,1H3/b7-6+,18-12-. The molecule has 0 amide bonds. The number of halogens is 1. The quantitative estimate of drug-likeness (QED) is 0.510. The Kier molecular flexibility index (Phi) is 4.98. The fraction of sp³-hybridized carbons (Fsp3) is 0.0625. The first-order valence-corrected chi connectivity index (χ1v) is 6.53. The smallest absolute Gasteiger partial charge is 0.269 e. The van der Waals surface area contributed by atoms with Crippen LogP contribution in [0, 0.1) is 15.9 Å². The monoisotopic (exact) mass is 299 g/mol. The maximum absolute atomic E-state index is 13.4. The van der Waals surface area contributed by atoms with E-state index < -0.39 is 4.92 Å². The van der Waals surface area contributed by atoms with E-state index in [0.29, 0.717) is 17.0 Å². The molecule has 112 valence electrons. The number of hydrogen-bond acceptors (Lipinski definition) is 4. The first kappa shape index (κ1) is 15.4. The van der Waals surface area contributed by atoms with Crippen LogP contribution >= 0.6 is 0 Å². The van der Waals surface area contributed by atoms with Gasteiger partial charge < -0.3 is 0 Å².